The van der Waals surface area contributed by atoms with Crippen molar-refractivity contribution in [1.82, 2.24) is 5.43 Å². The van der Waals surface area contributed by atoms with Gasteiger partial charge in [0.15, 0.2) is 11.5 Å². The van der Waals surface area contributed by atoms with Crippen molar-refractivity contribution in [3.8, 4) is 17.2 Å². The van der Waals surface area contributed by atoms with Gasteiger partial charge in [-0.25, -0.2) is 9.82 Å². The first-order valence-electron chi connectivity index (χ1n) is 8.14. The van der Waals surface area contributed by atoms with Gasteiger partial charge in [0.25, 0.3) is 0 Å². The minimum atomic E-state index is -0.661. The van der Waals surface area contributed by atoms with Gasteiger partial charge in [-0.3, -0.25) is 9.59 Å². The fourth-order valence-electron chi connectivity index (χ4n) is 2.30. The monoisotopic (exact) mass is 389 g/mol. The van der Waals surface area contributed by atoms with E-state index >= 15 is 0 Å². The molecule has 0 saturated carbocycles. The lowest BCUT2D eigenvalue weighted by Crippen LogP contribution is -2.24. The van der Waals surface area contributed by atoms with Crippen LogP contribution in [0.3, 0.4) is 0 Å². The summed E-state index contributed by atoms with van der Waals surface area (Å²) in [6, 6.07) is 8.95. The lowest BCUT2D eigenvalue weighted by molar-refractivity contribution is -0.126. The maximum absolute atomic E-state index is 13.5. The number of hydrogen-bond donors (Lipinski definition) is 2. The average Bonchev–Trinajstić information content (AvgIpc) is 2.68. The van der Waals surface area contributed by atoms with E-state index < -0.39 is 24.1 Å². The first-order chi connectivity index (χ1) is 13.5. The third kappa shape index (κ3) is 5.44. The molecule has 2 amide bonds. The zero-order valence-electron chi connectivity index (χ0n) is 15.6. The Kier molecular flexibility index (Phi) is 7.32. The van der Waals surface area contributed by atoms with Crippen LogP contribution < -0.4 is 25.0 Å². The first-order valence-corrected chi connectivity index (χ1v) is 8.14. The fraction of sp³-hybridized carbons (Fsp3) is 0.211. The van der Waals surface area contributed by atoms with Crippen LogP contribution in [0.25, 0.3) is 0 Å². The molecule has 2 N–H and O–H groups in total. The highest BCUT2D eigenvalue weighted by Gasteiger charge is 2.13. The number of ether oxygens (including phenoxy) is 3. The number of methoxy groups -OCH3 is 3. The molecular formula is C19H20FN3O5. The molecule has 0 spiro atoms. The number of rotatable bonds is 8. The van der Waals surface area contributed by atoms with Crippen molar-refractivity contribution in [2.24, 2.45) is 5.10 Å². The number of amides is 2. The molecule has 0 bridgehead atoms. The minimum absolute atomic E-state index is 0.00113. The van der Waals surface area contributed by atoms with Crippen molar-refractivity contribution in [2.45, 2.75) is 6.42 Å². The number of halogens is 1. The zero-order valence-corrected chi connectivity index (χ0v) is 15.6. The van der Waals surface area contributed by atoms with E-state index in [1.54, 1.807) is 18.2 Å². The Morgan fingerprint density at radius 3 is 2.25 bits per heavy atom. The molecule has 0 radical (unpaired) electrons. The number of anilines is 1. The molecule has 2 rings (SSSR count). The van der Waals surface area contributed by atoms with Gasteiger partial charge in [0.1, 0.15) is 12.2 Å². The van der Waals surface area contributed by atoms with Crippen molar-refractivity contribution in [2.75, 3.05) is 26.6 Å². The highest BCUT2D eigenvalue weighted by Crippen LogP contribution is 2.37. The van der Waals surface area contributed by atoms with Gasteiger partial charge in [0.05, 0.1) is 33.2 Å². The Morgan fingerprint density at radius 1 is 1.04 bits per heavy atom. The summed E-state index contributed by atoms with van der Waals surface area (Å²) >= 11 is 0. The Labute approximate surface area is 161 Å². The van der Waals surface area contributed by atoms with Gasteiger partial charge in [0.2, 0.25) is 17.6 Å². The number of hydrogen-bond acceptors (Lipinski definition) is 6. The Balaban J connectivity index is 1.96. The summed E-state index contributed by atoms with van der Waals surface area (Å²) in [6.45, 7) is 0. The number of carbonyl (C=O) groups excluding carboxylic acids is 2. The molecule has 0 aliphatic heterocycles. The second-order valence-corrected chi connectivity index (χ2v) is 5.46. The van der Waals surface area contributed by atoms with Crippen molar-refractivity contribution in [3.05, 3.63) is 47.8 Å². The SMILES string of the molecule is COc1cc(C=NNC(=O)CC(=O)Nc2ccccc2F)cc(OC)c1OC. The molecular weight excluding hydrogens is 369 g/mol. The van der Waals surface area contributed by atoms with Gasteiger partial charge in [0, 0.05) is 5.56 Å². The minimum Gasteiger partial charge on any atom is -0.493 e. The molecule has 0 aliphatic rings. The summed E-state index contributed by atoms with van der Waals surface area (Å²) in [4.78, 5) is 23.6. The van der Waals surface area contributed by atoms with E-state index in [-0.39, 0.29) is 5.69 Å². The van der Waals surface area contributed by atoms with Crippen LogP contribution in [0, 0.1) is 5.82 Å². The highest BCUT2D eigenvalue weighted by atomic mass is 19.1. The van der Waals surface area contributed by atoms with Gasteiger partial charge < -0.3 is 19.5 Å². The smallest absolute Gasteiger partial charge is 0.249 e. The molecule has 148 valence electrons. The zero-order chi connectivity index (χ0) is 20.5. The second-order valence-electron chi connectivity index (χ2n) is 5.46. The lowest BCUT2D eigenvalue weighted by Gasteiger charge is -2.12. The van der Waals surface area contributed by atoms with Gasteiger partial charge in [-0.1, -0.05) is 12.1 Å². The molecule has 0 heterocycles. The van der Waals surface area contributed by atoms with Gasteiger partial charge in [-0.15, -0.1) is 0 Å². The number of benzene rings is 2. The van der Waals surface area contributed by atoms with Crippen molar-refractivity contribution in [3.63, 3.8) is 0 Å². The quantitative estimate of drug-likeness (QED) is 0.410. The summed E-state index contributed by atoms with van der Waals surface area (Å²) in [5, 5.41) is 6.11. The Morgan fingerprint density at radius 2 is 1.68 bits per heavy atom. The molecule has 9 heteroatoms. The van der Waals surface area contributed by atoms with Crippen LogP contribution in [0.1, 0.15) is 12.0 Å². The van der Waals surface area contributed by atoms with Gasteiger partial charge in [-0.2, -0.15) is 5.10 Å². The molecule has 0 unspecified atom stereocenters. The lowest BCUT2D eigenvalue weighted by atomic mass is 10.2. The standard InChI is InChI=1S/C19H20FN3O5/c1-26-15-8-12(9-16(27-2)19(15)28-3)11-21-23-18(25)10-17(24)22-14-7-5-4-6-13(14)20/h4-9,11H,10H2,1-3H3,(H,22,24)(H,23,25). The number of hydrazone groups is 1. The number of nitrogens with one attached hydrogen (secondary N) is 2. The molecule has 0 fully saturated rings. The van der Waals surface area contributed by atoms with Crippen molar-refractivity contribution in [1.29, 1.82) is 0 Å². The third-order valence-electron chi connectivity index (χ3n) is 3.56. The average molecular weight is 389 g/mol. The summed E-state index contributed by atoms with van der Waals surface area (Å²) in [6.07, 6.45) is 0.845. The topological polar surface area (TPSA) is 98.2 Å². The van der Waals surface area contributed by atoms with E-state index in [0.717, 1.165) is 0 Å². The van der Waals surface area contributed by atoms with Crippen LogP contribution in [0.15, 0.2) is 41.5 Å². The van der Waals surface area contributed by atoms with E-state index in [0.29, 0.717) is 22.8 Å². The number of carbonyl (C=O) groups is 2. The maximum Gasteiger partial charge on any atom is 0.249 e. The predicted octanol–water partition coefficient (Wildman–Crippen LogP) is 2.33. The molecule has 2 aromatic rings. The summed E-state index contributed by atoms with van der Waals surface area (Å²) < 4.78 is 29.2. The summed E-state index contributed by atoms with van der Waals surface area (Å²) in [5.41, 5.74) is 2.80. The Hall–Kier alpha value is -3.62. The summed E-state index contributed by atoms with van der Waals surface area (Å²) in [7, 11) is 4.45. The van der Waals surface area contributed by atoms with E-state index in [1.807, 2.05) is 0 Å². The highest BCUT2D eigenvalue weighted by molar-refractivity contribution is 6.03. The Bertz CT molecular complexity index is 861. The van der Waals surface area contributed by atoms with Crippen molar-refractivity contribution >= 4 is 23.7 Å². The van der Waals surface area contributed by atoms with Crippen molar-refractivity contribution < 1.29 is 28.2 Å². The van der Waals surface area contributed by atoms with Crippen LogP contribution >= 0.6 is 0 Å². The summed E-state index contributed by atoms with van der Waals surface area (Å²) in [5.74, 6) is -0.617. The maximum atomic E-state index is 13.5. The molecule has 8 nitrogen and oxygen atoms in total. The van der Waals surface area contributed by atoms with E-state index in [1.165, 1.54) is 45.7 Å². The predicted molar refractivity (Wildman–Crippen MR) is 101 cm³/mol. The first kappa shape index (κ1) is 20.7. The second kappa shape index (κ2) is 9.91. The van der Waals surface area contributed by atoms with E-state index in [2.05, 4.69) is 15.8 Å². The largest absolute Gasteiger partial charge is 0.493 e. The molecule has 2 aromatic carbocycles. The van der Waals surface area contributed by atoms with Crippen LogP contribution in [0.2, 0.25) is 0 Å². The third-order valence-corrected chi connectivity index (χ3v) is 3.56. The van der Waals surface area contributed by atoms with Crippen LogP contribution in [-0.2, 0) is 9.59 Å². The molecule has 0 aromatic heterocycles. The molecule has 0 saturated heterocycles. The fourth-order valence-corrected chi connectivity index (χ4v) is 2.30. The van der Waals surface area contributed by atoms with Crippen LogP contribution in [0.5, 0.6) is 17.2 Å². The molecule has 28 heavy (non-hydrogen) atoms. The van der Waals surface area contributed by atoms with Gasteiger partial charge in [-0.05, 0) is 24.3 Å². The number of para-hydroxylation sites is 1. The van der Waals surface area contributed by atoms with E-state index in [9.17, 15) is 14.0 Å². The van der Waals surface area contributed by atoms with Crippen LogP contribution in [0.4, 0.5) is 10.1 Å². The molecule has 0 atom stereocenters. The van der Waals surface area contributed by atoms with Gasteiger partial charge >= 0.3 is 0 Å². The van der Waals surface area contributed by atoms with E-state index in [4.69, 9.17) is 14.2 Å². The normalized spacial score (nSPS) is 10.4. The molecule has 0 aliphatic carbocycles. The number of nitrogens with zero attached hydrogens (tertiary/aromatic N) is 1. The van der Waals surface area contributed by atoms with Crippen LogP contribution in [-0.4, -0.2) is 39.4 Å².